The second kappa shape index (κ2) is 7.15. The fraction of sp³-hybridized carbons (Fsp3) is 0.333. The quantitative estimate of drug-likeness (QED) is 0.464. The number of benzene rings is 1. The van der Waals surface area contributed by atoms with Crippen LogP contribution in [0.3, 0.4) is 0 Å². The Morgan fingerprint density at radius 3 is 2.55 bits per heavy atom. The average molecular weight is 429 g/mol. The van der Waals surface area contributed by atoms with Gasteiger partial charge in [-0.3, -0.25) is 0 Å². The first-order valence-corrected chi connectivity index (χ1v) is 11.9. The molecule has 8 heteroatoms. The Balaban J connectivity index is 1.85. The predicted octanol–water partition coefficient (Wildman–Crippen LogP) is 4.99. The molecule has 0 radical (unpaired) electrons. The lowest BCUT2D eigenvalue weighted by molar-refractivity contribution is 0.355. The number of imidazole rings is 1. The SMILES string of the molecule is O=S(=O)(c1ccccc1)c1nc2[nH]ccc2c2c1nc(CCl)n2C1CCCCC1. The number of nitrogens with one attached hydrogen (secondary N) is 1. The van der Waals surface area contributed by atoms with E-state index in [0.29, 0.717) is 17.0 Å². The van der Waals surface area contributed by atoms with Crippen molar-refractivity contribution < 1.29 is 8.42 Å². The van der Waals surface area contributed by atoms with Gasteiger partial charge in [0.2, 0.25) is 9.84 Å². The molecule has 4 aromatic rings. The lowest BCUT2D eigenvalue weighted by atomic mass is 9.95. The van der Waals surface area contributed by atoms with E-state index in [1.807, 2.05) is 6.07 Å². The normalized spacial score (nSPS) is 16.0. The van der Waals surface area contributed by atoms with Gasteiger partial charge in [0, 0.05) is 17.6 Å². The first-order valence-electron chi connectivity index (χ1n) is 9.85. The Bertz CT molecular complexity index is 1290. The molecule has 0 spiro atoms. The molecular formula is C21H21ClN4O2S. The third kappa shape index (κ3) is 2.95. The van der Waals surface area contributed by atoms with E-state index in [2.05, 4.69) is 14.5 Å². The molecule has 1 aliphatic rings. The monoisotopic (exact) mass is 428 g/mol. The van der Waals surface area contributed by atoms with E-state index in [4.69, 9.17) is 16.6 Å². The van der Waals surface area contributed by atoms with Gasteiger partial charge < -0.3 is 9.55 Å². The summed E-state index contributed by atoms with van der Waals surface area (Å²) >= 11 is 6.27. The van der Waals surface area contributed by atoms with Crippen molar-refractivity contribution in [2.24, 2.45) is 0 Å². The fourth-order valence-corrected chi connectivity index (χ4v) is 5.95. The van der Waals surface area contributed by atoms with Crippen molar-refractivity contribution in [3.63, 3.8) is 0 Å². The zero-order chi connectivity index (χ0) is 20.0. The van der Waals surface area contributed by atoms with Gasteiger partial charge in [0.15, 0.2) is 5.03 Å². The van der Waals surface area contributed by atoms with E-state index in [-0.39, 0.29) is 21.8 Å². The summed E-state index contributed by atoms with van der Waals surface area (Å²) in [6.07, 6.45) is 7.42. The number of hydrogen-bond acceptors (Lipinski definition) is 4. The van der Waals surface area contributed by atoms with E-state index >= 15 is 0 Å². The summed E-state index contributed by atoms with van der Waals surface area (Å²) in [6, 6.07) is 10.6. The molecule has 3 heterocycles. The molecule has 1 saturated carbocycles. The number of halogens is 1. The van der Waals surface area contributed by atoms with Gasteiger partial charge in [0.05, 0.1) is 16.3 Å². The first kappa shape index (κ1) is 18.6. The molecule has 1 N–H and O–H groups in total. The molecule has 3 aromatic heterocycles. The minimum absolute atomic E-state index is 0.0189. The van der Waals surface area contributed by atoms with E-state index < -0.39 is 9.84 Å². The lowest BCUT2D eigenvalue weighted by Crippen LogP contribution is -2.15. The molecule has 0 amide bonds. The third-order valence-corrected chi connectivity index (χ3v) is 7.67. The first-order chi connectivity index (χ1) is 14.1. The zero-order valence-corrected chi connectivity index (χ0v) is 17.4. The molecule has 1 aromatic carbocycles. The van der Waals surface area contributed by atoms with Crippen LogP contribution in [-0.4, -0.2) is 27.9 Å². The Morgan fingerprint density at radius 2 is 1.83 bits per heavy atom. The van der Waals surface area contributed by atoms with Crippen LogP contribution in [0, 0.1) is 0 Å². The number of alkyl halides is 1. The fourth-order valence-electron chi connectivity index (χ4n) is 4.41. The number of nitrogens with zero attached hydrogens (tertiary/aromatic N) is 3. The summed E-state index contributed by atoms with van der Waals surface area (Å²) in [4.78, 5) is 12.5. The maximum Gasteiger partial charge on any atom is 0.226 e. The zero-order valence-electron chi connectivity index (χ0n) is 15.8. The van der Waals surface area contributed by atoms with Gasteiger partial charge in [-0.1, -0.05) is 37.5 Å². The molecule has 150 valence electrons. The number of pyridine rings is 1. The summed E-state index contributed by atoms with van der Waals surface area (Å²) < 4.78 is 29.0. The van der Waals surface area contributed by atoms with Crippen LogP contribution in [0.1, 0.15) is 44.0 Å². The molecule has 6 nitrogen and oxygen atoms in total. The smallest absolute Gasteiger partial charge is 0.226 e. The standard InChI is InChI=1S/C21H21ClN4O2S/c22-13-17-24-18-19(26(17)14-7-3-1-4-8-14)16-11-12-23-20(16)25-21(18)29(27,28)15-9-5-2-6-10-15/h2,5-6,9-12,14H,1,3-4,7-8,13H2,(H,23,25). The summed E-state index contributed by atoms with van der Waals surface area (Å²) in [6.45, 7) is 0. The van der Waals surface area contributed by atoms with Gasteiger partial charge >= 0.3 is 0 Å². The van der Waals surface area contributed by atoms with Crippen LogP contribution in [0.4, 0.5) is 0 Å². The molecule has 0 bridgehead atoms. The van der Waals surface area contributed by atoms with Crippen LogP contribution in [0.2, 0.25) is 0 Å². The van der Waals surface area contributed by atoms with Crippen LogP contribution in [0.25, 0.3) is 22.1 Å². The van der Waals surface area contributed by atoms with Crippen LogP contribution < -0.4 is 0 Å². The number of aromatic amines is 1. The molecule has 0 atom stereocenters. The van der Waals surface area contributed by atoms with Gasteiger partial charge in [0.1, 0.15) is 17.0 Å². The molecule has 0 saturated heterocycles. The van der Waals surface area contributed by atoms with Crippen molar-refractivity contribution in [3.05, 3.63) is 48.4 Å². The molecular weight excluding hydrogens is 408 g/mol. The molecule has 1 aliphatic carbocycles. The Labute approximate surface area is 173 Å². The highest BCUT2D eigenvalue weighted by Crippen LogP contribution is 2.38. The third-order valence-electron chi connectivity index (χ3n) is 5.75. The second-order valence-electron chi connectivity index (χ2n) is 7.49. The van der Waals surface area contributed by atoms with Gasteiger partial charge in [-0.2, -0.15) is 0 Å². The number of hydrogen-bond donors (Lipinski definition) is 1. The van der Waals surface area contributed by atoms with Gasteiger partial charge in [-0.05, 0) is 31.0 Å². The topological polar surface area (TPSA) is 80.6 Å². The van der Waals surface area contributed by atoms with Gasteiger partial charge in [-0.25, -0.2) is 18.4 Å². The van der Waals surface area contributed by atoms with Crippen molar-refractivity contribution >= 4 is 43.5 Å². The number of aromatic nitrogens is 4. The van der Waals surface area contributed by atoms with Gasteiger partial charge in [0.25, 0.3) is 0 Å². The van der Waals surface area contributed by atoms with Crippen molar-refractivity contribution in [2.75, 3.05) is 0 Å². The lowest BCUT2D eigenvalue weighted by Gasteiger charge is -2.25. The van der Waals surface area contributed by atoms with Crippen LogP contribution in [0.5, 0.6) is 0 Å². The van der Waals surface area contributed by atoms with Gasteiger partial charge in [-0.15, -0.1) is 11.6 Å². The second-order valence-corrected chi connectivity index (χ2v) is 9.63. The van der Waals surface area contributed by atoms with E-state index in [0.717, 1.165) is 36.6 Å². The minimum atomic E-state index is -3.83. The number of fused-ring (bicyclic) bond motifs is 3. The summed E-state index contributed by atoms with van der Waals surface area (Å²) in [5.74, 6) is 0.927. The Kier molecular flexibility index (Phi) is 4.59. The highest BCUT2D eigenvalue weighted by molar-refractivity contribution is 7.91. The van der Waals surface area contributed by atoms with E-state index in [9.17, 15) is 8.42 Å². The minimum Gasteiger partial charge on any atom is -0.346 e. The molecule has 0 unspecified atom stereocenters. The van der Waals surface area contributed by atoms with E-state index in [1.54, 1.807) is 36.5 Å². The maximum absolute atomic E-state index is 13.4. The van der Waals surface area contributed by atoms with Crippen LogP contribution >= 0.6 is 11.6 Å². The predicted molar refractivity (Wildman–Crippen MR) is 113 cm³/mol. The van der Waals surface area contributed by atoms with Crippen molar-refractivity contribution in [3.8, 4) is 0 Å². The van der Waals surface area contributed by atoms with Crippen molar-refractivity contribution in [1.82, 2.24) is 19.5 Å². The average Bonchev–Trinajstić information content (AvgIpc) is 3.38. The summed E-state index contributed by atoms with van der Waals surface area (Å²) in [5, 5.41) is 0.857. The number of H-pyrrole nitrogens is 1. The molecule has 0 aliphatic heterocycles. The highest BCUT2D eigenvalue weighted by Gasteiger charge is 2.30. The Morgan fingerprint density at radius 1 is 1.07 bits per heavy atom. The highest BCUT2D eigenvalue weighted by atomic mass is 35.5. The number of rotatable bonds is 4. The summed E-state index contributed by atoms with van der Waals surface area (Å²) in [7, 11) is -3.83. The number of sulfone groups is 1. The van der Waals surface area contributed by atoms with Crippen LogP contribution in [0.15, 0.2) is 52.5 Å². The molecule has 5 rings (SSSR count). The molecule has 1 fully saturated rings. The molecule has 29 heavy (non-hydrogen) atoms. The largest absolute Gasteiger partial charge is 0.346 e. The maximum atomic E-state index is 13.4. The van der Waals surface area contributed by atoms with E-state index in [1.165, 1.54) is 6.42 Å². The summed E-state index contributed by atoms with van der Waals surface area (Å²) in [5.41, 5.74) is 1.76. The van der Waals surface area contributed by atoms with Crippen LogP contribution in [-0.2, 0) is 15.7 Å². The Hall–Kier alpha value is -2.38. The van der Waals surface area contributed by atoms with Crippen molar-refractivity contribution in [1.29, 1.82) is 0 Å². The van der Waals surface area contributed by atoms with Crippen molar-refractivity contribution in [2.45, 2.75) is 53.9 Å².